The highest BCUT2D eigenvalue weighted by molar-refractivity contribution is 7.90. The zero-order valence-electron chi connectivity index (χ0n) is 16.4. The summed E-state index contributed by atoms with van der Waals surface area (Å²) >= 11 is 0. The van der Waals surface area contributed by atoms with E-state index in [1.54, 1.807) is 0 Å². The molecule has 0 spiro atoms. The second kappa shape index (κ2) is 8.74. The van der Waals surface area contributed by atoms with Crippen LogP contribution >= 0.6 is 0 Å². The van der Waals surface area contributed by atoms with Gasteiger partial charge in [-0.2, -0.15) is 0 Å². The maximum atomic E-state index is 14.1. The first-order valence-corrected chi connectivity index (χ1v) is 11.1. The highest BCUT2D eigenvalue weighted by Crippen LogP contribution is 2.28. The standard InChI is InChI=1S/C20H19F4NO5S/c1-31(27,28)18-6-5-13(11-17(18)21)19(26)25-9-7-14(8-10-25)29-15-3-2-4-16(12-15)30-20(22,23)24/h2-6,11-12,14H,7-10H2,1H3. The summed E-state index contributed by atoms with van der Waals surface area (Å²) in [5.74, 6) is -1.62. The lowest BCUT2D eigenvalue weighted by Gasteiger charge is -2.32. The summed E-state index contributed by atoms with van der Waals surface area (Å²) in [4.78, 5) is 13.6. The van der Waals surface area contributed by atoms with Crippen LogP contribution < -0.4 is 9.47 Å². The smallest absolute Gasteiger partial charge is 0.490 e. The highest BCUT2D eigenvalue weighted by atomic mass is 32.2. The van der Waals surface area contributed by atoms with Gasteiger partial charge in [0.15, 0.2) is 9.84 Å². The number of amides is 1. The van der Waals surface area contributed by atoms with Crippen molar-refractivity contribution in [3.63, 3.8) is 0 Å². The minimum Gasteiger partial charge on any atom is -0.490 e. The van der Waals surface area contributed by atoms with Gasteiger partial charge >= 0.3 is 6.36 Å². The Kier molecular flexibility index (Phi) is 6.44. The average molecular weight is 461 g/mol. The van der Waals surface area contributed by atoms with E-state index in [2.05, 4.69) is 4.74 Å². The summed E-state index contributed by atoms with van der Waals surface area (Å²) in [6.07, 6.45) is -3.42. The van der Waals surface area contributed by atoms with Crippen LogP contribution in [-0.2, 0) is 9.84 Å². The van der Waals surface area contributed by atoms with E-state index in [1.807, 2.05) is 0 Å². The van der Waals surface area contributed by atoms with E-state index in [0.29, 0.717) is 12.8 Å². The van der Waals surface area contributed by atoms with Gasteiger partial charge in [-0.15, -0.1) is 13.2 Å². The largest absolute Gasteiger partial charge is 0.573 e. The van der Waals surface area contributed by atoms with Crippen molar-refractivity contribution in [1.82, 2.24) is 4.90 Å². The van der Waals surface area contributed by atoms with Crippen LogP contribution in [0.15, 0.2) is 47.4 Å². The van der Waals surface area contributed by atoms with Gasteiger partial charge in [-0.05, 0) is 30.3 Å². The van der Waals surface area contributed by atoms with Gasteiger partial charge in [-0.1, -0.05) is 6.07 Å². The van der Waals surface area contributed by atoms with Crippen molar-refractivity contribution in [3.8, 4) is 11.5 Å². The van der Waals surface area contributed by atoms with Gasteiger partial charge < -0.3 is 14.4 Å². The van der Waals surface area contributed by atoms with Crippen molar-refractivity contribution < 1.29 is 40.2 Å². The van der Waals surface area contributed by atoms with E-state index in [-0.39, 0.29) is 30.5 Å². The molecule has 2 aromatic carbocycles. The molecular weight excluding hydrogens is 442 g/mol. The molecule has 0 radical (unpaired) electrons. The number of nitrogens with zero attached hydrogens (tertiary/aromatic N) is 1. The third-order valence-electron chi connectivity index (χ3n) is 4.65. The number of alkyl halides is 3. The van der Waals surface area contributed by atoms with Crippen LogP contribution in [0.2, 0.25) is 0 Å². The predicted octanol–water partition coefficient (Wildman–Crippen LogP) is 3.81. The SMILES string of the molecule is CS(=O)(=O)c1ccc(C(=O)N2CCC(Oc3cccc(OC(F)(F)F)c3)CC2)cc1F. The Morgan fingerprint density at radius 2 is 1.71 bits per heavy atom. The van der Waals surface area contributed by atoms with Gasteiger partial charge in [0.2, 0.25) is 0 Å². The molecule has 1 saturated heterocycles. The van der Waals surface area contributed by atoms with E-state index >= 15 is 0 Å². The molecule has 1 heterocycles. The number of rotatable bonds is 5. The van der Waals surface area contributed by atoms with E-state index in [0.717, 1.165) is 30.5 Å². The Hall–Kier alpha value is -2.82. The third kappa shape index (κ3) is 6.09. The zero-order chi connectivity index (χ0) is 22.8. The second-order valence-corrected chi connectivity index (χ2v) is 9.03. The third-order valence-corrected chi connectivity index (χ3v) is 5.78. The van der Waals surface area contributed by atoms with Gasteiger partial charge in [0.1, 0.15) is 28.3 Å². The number of sulfone groups is 1. The van der Waals surface area contributed by atoms with Crippen LogP contribution in [0.25, 0.3) is 0 Å². The molecule has 1 aliphatic rings. The number of hydrogen-bond acceptors (Lipinski definition) is 5. The van der Waals surface area contributed by atoms with Crippen molar-refractivity contribution in [3.05, 3.63) is 53.8 Å². The summed E-state index contributed by atoms with van der Waals surface area (Å²) in [7, 11) is -3.74. The number of halogens is 4. The van der Waals surface area contributed by atoms with Crippen LogP contribution in [0.5, 0.6) is 11.5 Å². The lowest BCUT2D eigenvalue weighted by Crippen LogP contribution is -2.41. The van der Waals surface area contributed by atoms with Crippen LogP contribution in [0, 0.1) is 5.82 Å². The molecule has 0 unspecified atom stereocenters. The van der Waals surface area contributed by atoms with Gasteiger partial charge in [-0.25, -0.2) is 12.8 Å². The Morgan fingerprint density at radius 1 is 1.06 bits per heavy atom. The summed E-state index contributed by atoms with van der Waals surface area (Å²) < 4.78 is 83.7. The molecule has 0 aliphatic carbocycles. The molecule has 0 bridgehead atoms. The first-order chi connectivity index (χ1) is 14.4. The number of benzene rings is 2. The molecule has 6 nitrogen and oxygen atoms in total. The summed E-state index contributed by atoms with van der Waals surface area (Å²) in [5, 5.41) is 0. The second-order valence-electron chi connectivity index (χ2n) is 7.05. The zero-order valence-corrected chi connectivity index (χ0v) is 17.2. The highest BCUT2D eigenvalue weighted by Gasteiger charge is 2.31. The lowest BCUT2D eigenvalue weighted by molar-refractivity contribution is -0.274. The number of carbonyl (C=O) groups excluding carboxylic acids is 1. The van der Waals surface area contributed by atoms with E-state index < -0.39 is 38.6 Å². The predicted molar refractivity (Wildman–Crippen MR) is 102 cm³/mol. The Labute approximate surface area is 176 Å². The van der Waals surface area contributed by atoms with Crippen LogP contribution in [-0.4, -0.2) is 51.0 Å². The van der Waals surface area contributed by atoms with E-state index in [1.165, 1.54) is 23.1 Å². The Morgan fingerprint density at radius 3 is 2.29 bits per heavy atom. The monoisotopic (exact) mass is 461 g/mol. The Bertz CT molecular complexity index is 1060. The number of carbonyl (C=O) groups is 1. The molecular formula is C20H19F4NO5S. The summed E-state index contributed by atoms with van der Waals surface area (Å²) in [6, 6.07) is 8.40. The molecule has 168 valence electrons. The molecule has 3 rings (SSSR count). The summed E-state index contributed by atoms with van der Waals surface area (Å²) in [6.45, 7) is 0.579. The van der Waals surface area contributed by atoms with E-state index in [9.17, 15) is 30.8 Å². The first-order valence-electron chi connectivity index (χ1n) is 9.24. The topological polar surface area (TPSA) is 72.9 Å². The molecule has 11 heteroatoms. The number of piperidine rings is 1. The van der Waals surface area contributed by atoms with E-state index in [4.69, 9.17) is 4.74 Å². The van der Waals surface area contributed by atoms with Gasteiger partial charge in [0, 0.05) is 43.8 Å². The fraction of sp³-hybridized carbons (Fsp3) is 0.350. The maximum absolute atomic E-state index is 14.1. The number of hydrogen-bond donors (Lipinski definition) is 0. The number of likely N-dealkylation sites (tertiary alicyclic amines) is 1. The van der Waals surface area contributed by atoms with Gasteiger partial charge in [0.25, 0.3) is 5.91 Å². The molecule has 0 atom stereocenters. The number of ether oxygens (including phenoxy) is 2. The fourth-order valence-electron chi connectivity index (χ4n) is 3.23. The van der Waals surface area contributed by atoms with Gasteiger partial charge in [0.05, 0.1) is 0 Å². The van der Waals surface area contributed by atoms with Crippen molar-refractivity contribution in [1.29, 1.82) is 0 Å². The summed E-state index contributed by atoms with van der Waals surface area (Å²) in [5.41, 5.74) is 0.0290. The van der Waals surface area contributed by atoms with Crippen LogP contribution in [0.4, 0.5) is 17.6 Å². The molecule has 0 aromatic heterocycles. The fourth-order valence-corrected chi connectivity index (χ4v) is 3.96. The lowest BCUT2D eigenvalue weighted by atomic mass is 10.1. The average Bonchev–Trinajstić information content (AvgIpc) is 2.66. The molecule has 0 saturated carbocycles. The molecule has 31 heavy (non-hydrogen) atoms. The minimum absolute atomic E-state index is 0.0290. The molecule has 0 N–H and O–H groups in total. The Balaban J connectivity index is 1.59. The van der Waals surface area contributed by atoms with Crippen molar-refractivity contribution in [2.45, 2.75) is 30.2 Å². The van der Waals surface area contributed by atoms with Crippen molar-refractivity contribution >= 4 is 15.7 Å². The molecule has 2 aromatic rings. The van der Waals surface area contributed by atoms with Crippen LogP contribution in [0.3, 0.4) is 0 Å². The molecule has 1 aliphatic heterocycles. The first kappa shape index (κ1) is 22.9. The molecule has 1 amide bonds. The molecule has 1 fully saturated rings. The van der Waals surface area contributed by atoms with Crippen molar-refractivity contribution in [2.24, 2.45) is 0 Å². The van der Waals surface area contributed by atoms with Gasteiger partial charge in [-0.3, -0.25) is 4.79 Å². The van der Waals surface area contributed by atoms with Crippen molar-refractivity contribution in [2.75, 3.05) is 19.3 Å². The normalized spacial score (nSPS) is 15.6. The minimum atomic E-state index is -4.80. The van der Waals surface area contributed by atoms with Crippen LogP contribution in [0.1, 0.15) is 23.2 Å². The quantitative estimate of drug-likeness (QED) is 0.634. The maximum Gasteiger partial charge on any atom is 0.573 e.